The highest BCUT2D eigenvalue weighted by Crippen LogP contribution is 2.15. The van der Waals surface area contributed by atoms with Crippen LogP contribution < -0.4 is 5.73 Å². The molecule has 1 aromatic rings. The van der Waals surface area contributed by atoms with E-state index in [1.807, 2.05) is 6.20 Å². The maximum Gasteiger partial charge on any atom is 0.0726 e. The fraction of sp³-hybridized carbons (Fsp3) is 0.692. The van der Waals surface area contributed by atoms with Crippen molar-refractivity contribution in [1.82, 2.24) is 14.9 Å². The fourth-order valence-electron chi connectivity index (χ4n) is 2.21. The molecule has 1 saturated heterocycles. The molecule has 0 saturated carbocycles. The number of ether oxygens (including phenoxy) is 1. The number of hydrogen-bond acceptors (Lipinski definition) is 5. The summed E-state index contributed by atoms with van der Waals surface area (Å²) in [4.78, 5) is 10.8. The Labute approximate surface area is 108 Å². The predicted octanol–water partition coefficient (Wildman–Crippen LogP) is 0.806. The van der Waals surface area contributed by atoms with Crippen molar-refractivity contribution >= 4 is 0 Å². The molecule has 2 rings (SSSR count). The average Bonchev–Trinajstić information content (AvgIpc) is 2.42. The zero-order chi connectivity index (χ0) is 12.6. The molecule has 0 radical (unpaired) electrons. The Morgan fingerprint density at radius 3 is 2.83 bits per heavy atom. The lowest BCUT2D eigenvalue weighted by atomic mass is 10.1. The van der Waals surface area contributed by atoms with Crippen molar-refractivity contribution in [1.29, 1.82) is 0 Å². The van der Waals surface area contributed by atoms with Crippen LogP contribution in [0, 0.1) is 0 Å². The molecule has 1 aliphatic rings. The van der Waals surface area contributed by atoms with E-state index in [4.69, 9.17) is 10.5 Å². The van der Waals surface area contributed by atoms with E-state index in [2.05, 4.69) is 14.9 Å². The largest absolute Gasteiger partial charge is 0.378 e. The first kappa shape index (κ1) is 13.4. The average molecular weight is 250 g/mol. The second-order valence-corrected chi connectivity index (χ2v) is 4.69. The van der Waals surface area contributed by atoms with E-state index in [1.165, 1.54) is 0 Å². The normalized spacial score (nSPS) is 18.1. The van der Waals surface area contributed by atoms with Gasteiger partial charge in [-0.2, -0.15) is 0 Å². The molecule has 0 atom stereocenters. The van der Waals surface area contributed by atoms with E-state index >= 15 is 0 Å². The van der Waals surface area contributed by atoms with Gasteiger partial charge in [0, 0.05) is 44.8 Å². The molecule has 2 heterocycles. The maximum absolute atomic E-state index is 5.79. The van der Waals surface area contributed by atoms with Crippen LogP contribution in [0.25, 0.3) is 0 Å². The number of likely N-dealkylation sites (tertiary alicyclic amines) is 1. The molecule has 0 amide bonds. The van der Waals surface area contributed by atoms with Crippen LogP contribution >= 0.6 is 0 Å². The summed E-state index contributed by atoms with van der Waals surface area (Å²) in [5.74, 6) is 0. The lowest BCUT2D eigenvalue weighted by Gasteiger charge is -2.31. The molecule has 0 bridgehead atoms. The second-order valence-electron chi connectivity index (χ2n) is 4.69. The molecule has 0 aliphatic carbocycles. The topological polar surface area (TPSA) is 64.3 Å². The van der Waals surface area contributed by atoms with Crippen LogP contribution in [0.4, 0.5) is 0 Å². The molecule has 0 aromatic carbocycles. The summed E-state index contributed by atoms with van der Waals surface area (Å²) in [7, 11) is 0. The van der Waals surface area contributed by atoms with Crippen molar-refractivity contribution in [3.8, 4) is 0 Å². The minimum absolute atomic E-state index is 0.412. The lowest BCUT2D eigenvalue weighted by Crippen LogP contribution is -2.37. The standard InChI is InChI=1S/C13H22N4O/c14-4-1-9-18-13-2-7-17(8-3-13)11-12-10-15-5-6-16-12/h5-6,10,13H,1-4,7-9,11,14H2. The first-order chi connectivity index (χ1) is 8.88. The molecular formula is C13H22N4O. The van der Waals surface area contributed by atoms with E-state index < -0.39 is 0 Å². The van der Waals surface area contributed by atoms with Gasteiger partial charge in [-0.3, -0.25) is 14.9 Å². The van der Waals surface area contributed by atoms with Crippen LogP contribution in [-0.2, 0) is 11.3 Å². The first-order valence-electron chi connectivity index (χ1n) is 6.67. The monoisotopic (exact) mass is 250 g/mol. The van der Waals surface area contributed by atoms with Gasteiger partial charge in [0.2, 0.25) is 0 Å². The Morgan fingerprint density at radius 1 is 1.33 bits per heavy atom. The summed E-state index contributed by atoms with van der Waals surface area (Å²) in [6.07, 6.45) is 8.87. The smallest absolute Gasteiger partial charge is 0.0726 e. The van der Waals surface area contributed by atoms with Gasteiger partial charge in [0.1, 0.15) is 0 Å². The van der Waals surface area contributed by atoms with Crippen LogP contribution in [0.15, 0.2) is 18.6 Å². The molecular weight excluding hydrogens is 228 g/mol. The van der Waals surface area contributed by atoms with Gasteiger partial charge in [-0.25, -0.2) is 0 Å². The number of hydrogen-bond donors (Lipinski definition) is 1. The highest BCUT2D eigenvalue weighted by Gasteiger charge is 2.19. The number of nitrogens with two attached hydrogens (primary N) is 1. The van der Waals surface area contributed by atoms with Gasteiger partial charge in [-0.15, -0.1) is 0 Å². The lowest BCUT2D eigenvalue weighted by molar-refractivity contribution is 0.00539. The highest BCUT2D eigenvalue weighted by atomic mass is 16.5. The summed E-state index contributed by atoms with van der Waals surface area (Å²) >= 11 is 0. The first-order valence-corrected chi connectivity index (χ1v) is 6.67. The van der Waals surface area contributed by atoms with Crippen LogP contribution in [0.5, 0.6) is 0 Å². The number of aromatic nitrogens is 2. The van der Waals surface area contributed by atoms with Crippen molar-refractivity contribution < 1.29 is 4.74 Å². The van der Waals surface area contributed by atoms with Gasteiger partial charge in [0.15, 0.2) is 0 Å². The quantitative estimate of drug-likeness (QED) is 0.757. The molecule has 5 nitrogen and oxygen atoms in total. The maximum atomic E-state index is 5.79. The molecule has 5 heteroatoms. The van der Waals surface area contributed by atoms with Gasteiger partial charge in [0.25, 0.3) is 0 Å². The molecule has 1 aliphatic heterocycles. The minimum atomic E-state index is 0.412. The Kier molecular flexibility index (Phi) is 5.51. The molecule has 2 N–H and O–H groups in total. The summed E-state index contributed by atoms with van der Waals surface area (Å²) in [5, 5.41) is 0. The molecule has 0 unspecified atom stereocenters. The van der Waals surface area contributed by atoms with Gasteiger partial charge in [0.05, 0.1) is 11.8 Å². The van der Waals surface area contributed by atoms with Gasteiger partial charge < -0.3 is 10.5 Å². The van der Waals surface area contributed by atoms with Crippen LogP contribution in [0.1, 0.15) is 25.0 Å². The second kappa shape index (κ2) is 7.41. The van der Waals surface area contributed by atoms with E-state index in [1.54, 1.807) is 12.4 Å². The summed E-state index contributed by atoms with van der Waals surface area (Å²) < 4.78 is 5.79. The molecule has 1 aromatic heterocycles. The summed E-state index contributed by atoms with van der Waals surface area (Å²) in [6.45, 7) is 4.55. The number of rotatable bonds is 6. The van der Waals surface area contributed by atoms with Crippen LogP contribution in [0.2, 0.25) is 0 Å². The van der Waals surface area contributed by atoms with Crippen molar-refractivity contribution in [2.24, 2.45) is 5.73 Å². The van der Waals surface area contributed by atoms with E-state index in [9.17, 15) is 0 Å². The van der Waals surface area contributed by atoms with Crippen molar-refractivity contribution in [3.05, 3.63) is 24.3 Å². The third kappa shape index (κ3) is 4.33. The van der Waals surface area contributed by atoms with Crippen molar-refractivity contribution in [2.75, 3.05) is 26.2 Å². The predicted molar refractivity (Wildman–Crippen MR) is 70.0 cm³/mol. The molecule has 0 spiro atoms. The molecule has 18 heavy (non-hydrogen) atoms. The Morgan fingerprint density at radius 2 is 2.17 bits per heavy atom. The Hall–Kier alpha value is -1.04. The van der Waals surface area contributed by atoms with Crippen LogP contribution in [0.3, 0.4) is 0 Å². The van der Waals surface area contributed by atoms with E-state index in [0.29, 0.717) is 12.6 Å². The van der Waals surface area contributed by atoms with Crippen molar-refractivity contribution in [2.45, 2.75) is 31.9 Å². The third-order valence-corrected chi connectivity index (χ3v) is 3.24. The van der Waals surface area contributed by atoms with Crippen molar-refractivity contribution in [3.63, 3.8) is 0 Å². The van der Waals surface area contributed by atoms with E-state index in [0.717, 1.165) is 51.2 Å². The van der Waals surface area contributed by atoms with E-state index in [-0.39, 0.29) is 0 Å². The number of piperidine rings is 1. The minimum Gasteiger partial charge on any atom is -0.378 e. The van der Waals surface area contributed by atoms with Crippen LogP contribution in [-0.4, -0.2) is 47.2 Å². The van der Waals surface area contributed by atoms with Gasteiger partial charge in [-0.1, -0.05) is 0 Å². The Balaban J connectivity index is 1.67. The number of nitrogens with zero attached hydrogens (tertiary/aromatic N) is 3. The third-order valence-electron chi connectivity index (χ3n) is 3.24. The summed E-state index contributed by atoms with van der Waals surface area (Å²) in [6, 6.07) is 0. The molecule has 100 valence electrons. The van der Waals surface area contributed by atoms with Gasteiger partial charge in [-0.05, 0) is 25.8 Å². The highest BCUT2D eigenvalue weighted by molar-refractivity contribution is 4.94. The zero-order valence-electron chi connectivity index (χ0n) is 10.8. The SMILES string of the molecule is NCCCOC1CCN(Cc2cnccn2)CC1. The zero-order valence-corrected chi connectivity index (χ0v) is 10.8. The molecule has 1 fully saturated rings. The fourth-order valence-corrected chi connectivity index (χ4v) is 2.21. The van der Waals surface area contributed by atoms with Gasteiger partial charge >= 0.3 is 0 Å². The Bertz CT molecular complexity index is 325. The summed E-state index contributed by atoms with van der Waals surface area (Å²) in [5.41, 5.74) is 6.49.